The lowest BCUT2D eigenvalue weighted by atomic mass is 9.98. The summed E-state index contributed by atoms with van der Waals surface area (Å²) in [7, 11) is 12.8. The average Bonchev–Trinajstić information content (AvgIpc) is 3.79. The molecule has 0 bridgehead atoms. The third kappa shape index (κ3) is 9.18. The largest absolute Gasteiger partial charge is 0.493 e. The van der Waals surface area contributed by atoms with Gasteiger partial charge in [0.25, 0.3) is 0 Å². The minimum Gasteiger partial charge on any atom is -0.493 e. The van der Waals surface area contributed by atoms with Crippen LogP contribution in [0.4, 0.5) is 5.69 Å². The Hall–Kier alpha value is -5.47. The van der Waals surface area contributed by atoms with Crippen molar-refractivity contribution in [3.8, 4) is 38.4 Å². The highest BCUT2D eigenvalue weighted by molar-refractivity contribution is 7.22. The topological polar surface area (TPSA) is 129 Å². The monoisotopic (exact) mass is 761 g/mol. The first-order chi connectivity index (χ1) is 26.0. The van der Waals surface area contributed by atoms with Gasteiger partial charge in [0.2, 0.25) is 5.75 Å². The Balaban J connectivity index is 0.000000210. The zero-order chi connectivity index (χ0) is 38.4. The number of nitrogen functional groups attached to an aromatic ring is 1. The van der Waals surface area contributed by atoms with Crippen LogP contribution in [0.15, 0.2) is 85.5 Å². The number of fused-ring (bicyclic) bond motifs is 2. The summed E-state index contributed by atoms with van der Waals surface area (Å²) in [5.41, 5.74) is 14.5. The number of anilines is 1. The lowest BCUT2D eigenvalue weighted by Crippen LogP contribution is -2.11. The number of hydrogen-bond acceptors (Lipinski definition) is 13. The third-order valence-corrected chi connectivity index (χ3v) is 10.4. The number of hydrogen-bond donors (Lipinski definition) is 1. The second kappa shape index (κ2) is 17.1. The summed E-state index contributed by atoms with van der Waals surface area (Å²) in [6.07, 6.45) is 7.43. The molecule has 278 valence electrons. The molecule has 0 aliphatic rings. The molecule has 0 atom stereocenters. The molecule has 0 unspecified atom stereocenters. The first-order valence-electron chi connectivity index (χ1n) is 17.1. The predicted molar refractivity (Wildman–Crippen MR) is 219 cm³/mol. The maximum atomic E-state index is 13.3. The summed E-state index contributed by atoms with van der Waals surface area (Å²) in [6.45, 7) is 1.62. The van der Waals surface area contributed by atoms with Crippen molar-refractivity contribution in [1.82, 2.24) is 29.7 Å². The van der Waals surface area contributed by atoms with Crippen LogP contribution in [0.2, 0.25) is 0 Å². The Morgan fingerprint density at radius 2 is 1.17 bits per heavy atom. The number of ether oxygens (including phenoxy) is 3. The highest BCUT2D eigenvalue weighted by Gasteiger charge is 2.19. The Morgan fingerprint density at radius 1 is 0.667 bits per heavy atom. The van der Waals surface area contributed by atoms with E-state index in [2.05, 4.69) is 43.0 Å². The first kappa shape index (κ1) is 38.3. The van der Waals surface area contributed by atoms with Crippen LogP contribution in [0, 0.1) is 0 Å². The van der Waals surface area contributed by atoms with Crippen molar-refractivity contribution in [2.45, 2.75) is 19.5 Å². The molecule has 0 aliphatic carbocycles. The van der Waals surface area contributed by atoms with Crippen molar-refractivity contribution in [3.63, 3.8) is 0 Å². The summed E-state index contributed by atoms with van der Waals surface area (Å²) in [5, 5.41) is 1.89. The van der Waals surface area contributed by atoms with Gasteiger partial charge in [-0.25, -0.2) is 9.97 Å². The summed E-state index contributed by atoms with van der Waals surface area (Å²) >= 11 is 3.24. The number of nitrogens with two attached hydrogens (primary N) is 1. The minimum absolute atomic E-state index is 0.0410. The van der Waals surface area contributed by atoms with E-state index in [1.807, 2.05) is 70.9 Å². The second-order valence-corrected chi connectivity index (χ2v) is 15.3. The number of thiazole rings is 2. The summed E-state index contributed by atoms with van der Waals surface area (Å²) in [5.74, 6) is 1.33. The number of nitrogens with zero attached hydrogens (tertiary/aromatic N) is 6. The van der Waals surface area contributed by atoms with Crippen LogP contribution in [0.25, 0.3) is 41.6 Å². The van der Waals surface area contributed by atoms with E-state index in [9.17, 15) is 4.79 Å². The molecule has 2 N–H and O–H groups in total. The number of benzene rings is 3. The smallest absolute Gasteiger partial charge is 0.203 e. The number of aromatic nitrogens is 4. The number of rotatable bonds is 12. The normalized spacial score (nSPS) is 11.2. The van der Waals surface area contributed by atoms with E-state index in [1.165, 1.54) is 26.9 Å². The SMILES string of the molecule is CN(C)Cc1cc(N)cc(-c2nc3ccncc3s2)c1.COc1cc(C(=O)Cc2cc(CN(C)C)cc(-c3nc4ccncc4s3)c2)cc(OC)c1OC. The van der Waals surface area contributed by atoms with E-state index >= 15 is 0 Å². The fourth-order valence-corrected chi connectivity index (χ4v) is 7.92. The number of pyridine rings is 2. The first-order valence-corrected chi connectivity index (χ1v) is 18.7. The molecule has 54 heavy (non-hydrogen) atoms. The summed E-state index contributed by atoms with van der Waals surface area (Å²) in [4.78, 5) is 35.3. The van der Waals surface area contributed by atoms with E-state index in [0.717, 1.165) is 71.5 Å². The van der Waals surface area contributed by atoms with Crippen LogP contribution in [-0.4, -0.2) is 85.0 Å². The zero-order valence-electron chi connectivity index (χ0n) is 31.4. The molecule has 0 amide bonds. The quantitative estimate of drug-likeness (QED) is 0.0965. The number of Topliss-reactive ketones (excluding diaryl/α,β-unsaturated/α-hetero) is 1. The van der Waals surface area contributed by atoms with Crippen LogP contribution in [0.3, 0.4) is 0 Å². The fourth-order valence-electron chi connectivity index (χ4n) is 6.08. The number of ketones is 1. The molecular formula is C41H43N7O4S2. The van der Waals surface area contributed by atoms with Gasteiger partial charge in [-0.15, -0.1) is 22.7 Å². The Labute approximate surface area is 323 Å². The van der Waals surface area contributed by atoms with Gasteiger partial charge >= 0.3 is 0 Å². The van der Waals surface area contributed by atoms with Gasteiger partial charge in [0.15, 0.2) is 17.3 Å². The fraction of sp³-hybridized carbons (Fsp3) is 0.244. The Morgan fingerprint density at radius 3 is 1.65 bits per heavy atom. The van der Waals surface area contributed by atoms with E-state index in [-0.39, 0.29) is 12.2 Å². The molecule has 7 aromatic rings. The van der Waals surface area contributed by atoms with E-state index < -0.39 is 0 Å². The second-order valence-electron chi connectivity index (χ2n) is 13.2. The highest BCUT2D eigenvalue weighted by Crippen LogP contribution is 2.39. The van der Waals surface area contributed by atoms with Gasteiger partial charge in [0, 0.05) is 66.7 Å². The van der Waals surface area contributed by atoms with Crippen LogP contribution in [-0.2, 0) is 19.5 Å². The van der Waals surface area contributed by atoms with Gasteiger partial charge in [-0.3, -0.25) is 14.8 Å². The lowest BCUT2D eigenvalue weighted by Gasteiger charge is -2.15. The zero-order valence-corrected chi connectivity index (χ0v) is 33.0. The van der Waals surface area contributed by atoms with E-state index in [0.29, 0.717) is 22.8 Å². The van der Waals surface area contributed by atoms with Gasteiger partial charge in [0.05, 0.1) is 41.8 Å². The van der Waals surface area contributed by atoms with Gasteiger partial charge in [-0.05, 0) is 99.5 Å². The molecule has 0 radical (unpaired) electrons. The molecule has 7 rings (SSSR count). The molecular weight excluding hydrogens is 719 g/mol. The van der Waals surface area contributed by atoms with Gasteiger partial charge < -0.3 is 29.7 Å². The number of carbonyl (C=O) groups is 1. The van der Waals surface area contributed by atoms with Crippen molar-refractivity contribution in [2.75, 3.05) is 55.3 Å². The van der Waals surface area contributed by atoms with Crippen LogP contribution < -0.4 is 19.9 Å². The highest BCUT2D eigenvalue weighted by atomic mass is 32.1. The molecule has 0 aliphatic heterocycles. The number of carbonyl (C=O) groups excluding carboxylic acids is 1. The van der Waals surface area contributed by atoms with Gasteiger partial charge in [-0.2, -0.15) is 0 Å². The minimum atomic E-state index is -0.0410. The third-order valence-electron chi connectivity index (χ3n) is 8.29. The molecule has 0 spiro atoms. The molecule has 4 aromatic heterocycles. The lowest BCUT2D eigenvalue weighted by molar-refractivity contribution is 0.0992. The van der Waals surface area contributed by atoms with Crippen LogP contribution in [0.1, 0.15) is 27.0 Å². The number of methoxy groups -OCH3 is 3. The van der Waals surface area contributed by atoms with Crippen LogP contribution in [0.5, 0.6) is 17.2 Å². The molecule has 4 heterocycles. The summed E-state index contributed by atoms with van der Waals surface area (Å²) < 4.78 is 18.3. The average molecular weight is 762 g/mol. The predicted octanol–water partition coefficient (Wildman–Crippen LogP) is 7.87. The molecule has 0 fully saturated rings. The maximum absolute atomic E-state index is 13.3. The maximum Gasteiger partial charge on any atom is 0.203 e. The van der Waals surface area contributed by atoms with E-state index in [4.69, 9.17) is 24.9 Å². The van der Waals surface area contributed by atoms with Crippen molar-refractivity contribution in [2.24, 2.45) is 0 Å². The van der Waals surface area contributed by atoms with Crippen molar-refractivity contribution in [1.29, 1.82) is 0 Å². The van der Waals surface area contributed by atoms with Crippen molar-refractivity contribution < 1.29 is 19.0 Å². The Kier molecular flexibility index (Phi) is 12.1. The molecule has 0 saturated carbocycles. The van der Waals surface area contributed by atoms with Gasteiger partial charge in [0.1, 0.15) is 10.0 Å². The van der Waals surface area contributed by atoms with Crippen molar-refractivity contribution >= 4 is 54.6 Å². The Bertz CT molecular complexity index is 2320. The van der Waals surface area contributed by atoms with Gasteiger partial charge in [-0.1, -0.05) is 6.07 Å². The standard InChI is InChI=1S/C26H27N3O4S.C15H16N4S/c1-29(2)15-17-8-16(9-19(10-17)26-28-20-6-7-27-14-24(20)34-26)11-21(30)18-12-22(31-3)25(33-5)23(13-18)32-4;1-19(2)9-10-5-11(7-12(16)6-10)15-18-13-3-4-17-8-14(13)20-15/h6-10,12-14H,11,15H2,1-5H3;3-8H,9,16H2,1-2H3. The van der Waals surface area contributed by atoms with Crippen LogP contribution >= 0.6 is 22.7 Å². The van der Waals surface area contributed by atoms with E-state index in [1.54, 1.807) is 47.2 Å². The molecule has 11 nitrogen and oxygen atoms in total. The molecule has 3 aromatic carbocycles. The summed E-state index contributed by atoms with van der Waals surface area (Å²) in [6, 6.07) is 19.6. The molecule has 0 saturated heterocycles. The molecule has 13 heteroatoms. The van der Waals surface area contributed by atoms with Crippen molar-refractivity contribution in [3.05, 3.63) is 108 Å².